The summed E-state index contributed by atoms with van der Waals surface area (Å²) in [5.41, 5.74) is 1.96. The Hall–Kier alpha value is -3.03. The lowest BCUT2D eigenvalue weighted by Crippen LogP contribution is -2.16. The van der Waals surface area contributed by atoms with Crippen LogP contribution in [0.2, 0.25) is 5.15 Å². The minimum Gasteiger partial charge on any atom is -0.370 e. The van der Waals surface area contributed by atoms with Gasteiger partial charge in [-0.1, -0.05) is 48.0 Å². The maximum Gasteiger partial charge on any atom is 0.275 e. The van der Waals surface area contributed by atoms with Crippen LogP contribution in [-0.4, -0.2) is 24.6 Å². The third-order valence-electron chi connectivity index (χ3n) is 3.77. The Labute approximate surface area is 153 Å². The van der Waals surface area contributed by atoms with Gasteiger partial charge in [0, 0.05) is 29.1 Å². The van der Waals surface area contributed by atoms with Gasteiger partial charge in [-0.15, -0.1) is 5.10 Å². The molecule has 3 aromatic heterocycles. The first-order valence-corrected chi connectivity index (χ1v) is 8.30. The Morgan fingerprint density at radius 2 is 1.96 bits per heavy atom. The molecule has 0 radical (unpaired) electrons. The van der Waals surface area contributed by atoms with Crippen LogP contribution in [0.15, 0.2) is 59.5 Å². The number of fused-ring (bicyclic) bond motifs is 1. The Morgan fingerprint density at radius 1 is 1.12 bits per heavy atom. The summed E-state index contributed by atoms with van der Waals surface area (Å²) in [4.78, 5) is 23.8. The van der Waals surface area contributed by atoms with Crippen LogP contribution >= 0.6 is 11.6 Å². The summed E-state index contributed by atoms with van der Waals surface area (Å²) in [7, 11) is 0. The monoisotopic (exact) mass is 367 g/mol. The van der Waals surface area contributed by atoms with E-state index in [4.69, 9.17) is 16.3 Å². The minimum atomic E-state index is -0.272. The number of pyridine rings is 1. The van der Waals surface area contributed by atoms with E-state index in [0.717, 1.165) is 11.1 Å². The van der Waals surface area contributed by atoms with Gasteiger partial charge in [-0.25, -0.2) is 4.98 Å². The zero-order valence-electron chi connectivity index (χ0n) is 13.6. The van der Waals surface area contributed by atoms with Gasteiger partial charge in [-0.2, -0.15) is 9.50 Å². The highest BCUT2D eigenvalue weighted by Crippen LogP contribution is 2.15. The van der Waals surface area contributed by atoms with E-state index in [0.29, 0.717) is 29.1 Å². The van der Waals surface area contributed by atoms with Gasteiger partial charge in [0.05, 0.1) is 13.2 Å². The average molecular weight is 368 g/mol. The van der Waals surface area contributed by atoms with Gasteiger partial charge in [0.25, 0.3) is 5.56 Å². The molecule has 0 fully saturated rings. The van der Waals surface area contributed by atoms with Gasteiger partial charge in [-0.3, -0.25) is 4.79 Å². The summed E-state index contributed by atoms with van der Waals surface area (Å²) in [6.45, 7) is 0.506. The lowest BCUT2D eigenvalue weighted by Gasteiger charge is -2.05. The number of rotatable bonds is 5. The van der Waals surface area contributed by atoms with Crippen molar-refractivity contribution in [3.63, 3.8) is 0 Å². The molecule has 8 heteroatoms. The minimum absolute atomic E-state index is 0.213. The van der Waals surface area contributed by atoms with Gasteiger partial charge < -0.3 is 9.72 Å². The standard InChI is InChI=1S/C18H14ClN5O2/c19-16-13(7-4-8-20-16)10-26-11-14-9-15(25)24-18(21-14)22-17(23-24)12-5-2-1-3-6-12/h1-9H,10-11H2,(H,21,22,23). The average Bonchev–Trinajstić information content (AvgIpc) is 3.09. The zero-order valence-corrected chi connectivity index (χ0v) is 14.3. The number of H-pyrrole nitrogens is 1. The molecule has 0 amide bonds. The Balaban J connectivity index is 1.55. The number of aromatic nitrogens is 5. The van der Waals surface area contributed by atoms with Gasteiger partial charge >= 0.3 is 0 Å². The molecular weight excluding hydrogens is 354 g/mol. The third-order valence-corrected chi connectivity index (χ3v) is 4.11. The summed E-state index contributed by atoms with van der Waals surface area (Å²) in [6.07, 6.45) is 1.62. The fourth-order valence-corrected chi connectivity index (χ4v) is 2.70. The van der Waals surface area contributed by atoms with Crippen molar-refractivity contribution >= 4 is 17.4 Å². The van der Waals surface area contributed by atoms with Crippen molar-refractivity contribution in [2.45, 2.75) is 13.2 Å². The summed E-state index contributed by atoms with van der Waals surface area (Å²) < 4.78 is 6.87. The van der Waals surface area contributed by atoms with Crippen LogP contribution in [0.5, 0.6) is 0 Å². The van der Waals surface area contributed by atoms with Crippen molar-refractivity contribution in [2.24, 2.45) is 0 Å². The highest BCUT2D eigenvalue weighted by Gasteiger charge is 2.10. The maximum absolute atomic E-state index is 12.3. The van der Waals surface area contributed by atoms with E-state index < -0.39 is 0 Å². The van der Waals surface area contributed by atoms with Crippen molar-refractivity contribution in [1.29, 1.82) is 0 Å². The van der Waals surface area contributed by atoms with Crippen molar-refractivity contribution in [1.82, 2.24) is 24.6 Å². The predicted octanol–water partition coefficient (Wildman–Crippen LogP) is 2.85. The molecule has 3 heterocycles. The number of hydrogen-bond donors (Lipinski definition) is 1. The summed E-state index contributed by atoms with van der Waals surface area (Å²) in [5.74, 6) is 0.855. The maximum atomic E-state index is 12.3. The number of ether oxygens (including phenoxy) is 1. The van der Waals surface area contributed by atoms with Crippen LogP contribution in [0.3, 0.4) is 0 Å². The van der Waals surface area contributed by atoms with Gasteiger partial charge in [0.2, 0.25) is 5.78 Å². The number of benzene rings is 1. The fourth-order valence-electron chi connectivity index (χ4n) is 2.52. The molecule has 0 unspecified atom stereocenters. The van der Waals surface area contributed by atoms with Gasteiger partial charge in [-0.05, 0) is 6.07 Å². The van der Waals surface area contributed by atoms with Crippen LogP contribution < -0.4 is 5.56 Å². The summed E-state index contributed by atoms with van der Waals surface area (Å²) in [6, 6.07) is 14.6. The topological polar surface area (TPSA) is 85.2 Å². The molecule has 0 aliphatic rings. The van der Waals surface area contributed by atoms with Crippen molar-refractivity contribution < 1.29 is 4.74 Å². The second-order valence-electron chi connectivity index (χ2n) is 5.62. The van der Waals surface area contributed by atoms with E-state index in [-0.39, 0.29) is 12.2 Å². The zero-order chi connectivity index (χ0) is 17.9. The van der Waals surface area contributed by atoms with Crippen molar-refractivity contribution in [3.05, 3.63) is 81.5 Å². The Bertz CT molecular complexity index is 1110. The molecule has 1 N–H and O–H groups in total. The first-order valence-electron chi connectivity index (χ1n) is 7.92. The van der Waals surface area contributed by atoms with Crippen LogP contribution in [0.1, 0.15) is 11.3 Å². The van der Waals surface area contributed by atoms with Crippen LogP contribution in [0, 0.1) is 0 Å². The molecule has 130 valence electrons. The van der Waals surface area contributed by atoms with E-state index >= 15 is 0 Å². The number of halogens is 1. The highest BCUT2D eigenvalue weighted by atomic mass is 35.5. The molecule has 0 aliphatic carbocycles. The second kappa shape index (κ2) is 7.07. The molecule has 0 saturated heterocycles. The molecule has 1 aromatic carbocycles. The van der Waals surface area contributed by atoms with Gasteiger partial charge in [0.15, 0.2) is 5.82 Å². The normalized spacial score (nSPS) is 11.1. The smallest absolute Gasteiger partial charge is 0.275 e. The molecular formula is C18H14ClN5O2. The lowest BCUT2D eigenvalue weighted by molar-refractivity contribution is 0.104. The Kier molecular flexibility index (Phi) is 4.47. The van der Waals surface area contributed by atoms with Crippen LogP contribution in [-0.2, 0) is 18.0 Å². The summed E-state index contributed by atoms with van der Waals surface area (Å²) in [5, 5.41) is 4.66. The number of aromatic amines is 1. The number of hydrogen-bond acceptors (Lipinski definition) is 5. The molecule has 0 bridgehead atoms. The van der Waals surface area contributed by atoms with E-state index in [1.165, 1.54) is 10.6 Å². The number of nitrogens with one attached hydrogen (secondary N) is 1. The SMILES string of the molecule is O=c1cc(COCc2cccnc2Cl)[nH]c2nc(-c3ccccc3)nn12. The first-order chi connectivity index (χ1) is 12.7. The van der Waals surface area contributed by atoms with Crippen molar-refractivity contribution in [3.8, 4) is 11.4 Å². The molecule has 7 nitrogen and oxygen atoms in total. The highest BCUT2D eigenvalue weighted by molar-refractivity contribution is 6.30. The van der Waals surface area contributed by atoms with Crippen molar-refractivity contribution in [2.75, 3.05) is 0 Å². The molecule has 4 rings (SSSR count). The molecule has 0 spiro atoms. The predicted molar refractivity (Wildman–Crippen MR) is 96.8 cm³/mol. The molecule has 0 saturated carbocycles. The third kappa shape index (κ3) is 3.35. The van der Waals surface area contributed by atoms with E-state index in [1.54, 1.807) is 12.3 Å². The molecule has 26 heavy (non-hydrogen) atoms. The molecule has 0 aliphatic heterocycles. The van der Waals surface area contributed by atoms with E-state index in [9.17, 15) is 4.79 Å². The lowest BCUT2D eigenvalue weighted by atomic mass is 10.2. The summed E-state index contributed by atoms with van der Waals surface area (Å²) >= 11 is 6.00. The Morgan fingerprint density at radius 3 is 2.77 bits per heavy atom. The second-order valence-corrected chi connectivity index (χ2v) is 5.97. The first kappa shape index (κ1) is 16.4. The number of nitrogens with zero attached hydrogens (tertiary/aromatic N) is 4. The fraction of sp³-hybridized carbons (Fsp3) is 0.111. The quantitative estimate of drug-likeness (QED) is 0.548. The van der Waals surface area contributed by atoms with E-state index in [1.807, 2.05) is 36.4 Å². The van der Waals surface area contributed by atoms with Gasteiger partial charge in [0.1, 0.15) is 5.15 Å². The van der Waals surface area contributed by atoms with E-state index in [2.05, 4.69) is 20.1 Å². The van der Waals surface area contributed by atoms with Crippen LogP contribution in [0.25, 0.3) is 17.2 Å². The molecule has 0 atom stereocenters. The largest absolute Gasteiger partial charge is 0.370 e. The molecule has 4 aromatic rings. The van der Waals surface area contributed by atoms with Crippen LogP contribution in [0.4, 0.5) is 0 Å².